The summed E-state index contributed by atoms with van der Waals surface area (Å²) in [6.07, 6.45) is 0.667. The lowest BCUT2D eigenvalue weighted by Crippen LogP contribution is -2.31. The van der Waals surface area contributed by atoms with Crippen molar-refractivity contribution < 1.29 is 13.2 Å². The van der Waals surface area contributed by atoms with Gasteiger partial charge in [0.15, 0.2) is 9.84 Å². The zero-order valence-corrected chi connectivity index (χ0v) is 15.1. The van der Waals surface area contributed by atoms with Gasteiger partial charge in [-0.1, -0.05) is 29.8 Å². The molecule has 0 saturated heterocycles. The molecule has 0 atom stereocenters. The van der Waals surface area contributed by atoms with Crippen molar-refractivity contribution in [1.82, 2.24) is 0 Å². The maximum absolute atomic E-state index is 13.0. The monoisotopic (exact) mass is 363 g/mol. The van der Waals surface area contributed by atoms with Crippen molar-refractivity contribution in [3.63, 3.8) is 0 Å². The standard InChI is InChI=1S/C18H18ClNO3S/c1-12(2)24(22,23)17-9-4-3-6-14(17)18(21)20-11-10-13-15(19)7-5-8-16(13)20/h3-9,12H,10-11H2,1-2H3. The van der Waals surface area contributed by atoms with Crippen molar-refractivity contribution in [3.8, 4) is 0 Å². The van der Waals surface area contributed by atoms with Crippen LogP contribution in [-0.4, -0.2) is 26.1 Å². The van der Waals surface area contributed by atoms with Gasteiger partial charge in [-0.05, 0) is 50.1 Å². The number of benzene rings is 2. The molecule has 4 nitrogen and oxygen atoms in total. The predicted octanol–water partition coefficient (Wildman–Crippen LogP) is 3.73. The molecule has 0 unspecified atom stereocenters. The molecule has 24 heavy (non-hydrogen) atoms. The number of sulfone groups is 1. The minimum absolute atomic E-state index is 0.0838. The Morgan fingerprint density at radius 2 is 1.83 bits per heavy atom. The maximum Gasteiger partial charge on any atom is 0.259 e. The normalized spacial score (nSPS) is 14.1. The molecule has 126 valence electrons. The summed E-state index contributed by atoms with van der Waals surface area (Å²) in [5.41, 5.74) is 1.89. The summed E-state index contributed by atoms with van der Waals surface area (Å²) in [5, 5.41) is 0.0395. The van der Waals surface area contributed by atoms with E-state index in [1.165, 1.54) is 6.07 Å². The lowest BCUT2D eigenvalue weighted by atomic mass is 10.1. The highest BCUT2D eigenvalue weighted by Gasteiger charge is 2.31. The SMILES string of the molecule is CC(C)S(=O)(=O)c1ccccc1C(=O)N1CCc2c(Cl)cccc21. The molecule has 2 aromatic carbocycles. The Morgan fingerprint density at radius 3 is 2.54 bits per heavy atom. The van der Waals surface area contributed by atoms with E-state index in [0.29, 0.717) is 18.0 Å². The molecular weight excluding hydrogens is 346 g/mol. The first-order valence-electron chi connectivity index (χ1n) is 7.76. The number of nitrogens with zero attached hydrogens (tertiary/aromatic N) is 1. The van der Waals surface area contributed by atoms with Gasteiger partial charge in [-0.25, -0.2) is 8.42 Å². The number of halogens is 1. The summed E-state index contributed by atoms with van der Waals surface area (Å²) in [5.74, 6) is -0.309. The molecule has 0 N–H and O–H groups in total. The number of rotatable bonds is 3. The Labute approximate surface area is 147 Å². The van der Waals surface area contributed by atoms with E-state index < -0.39 is 15.1 Å². The molecule has 3 rings (SSSR count). The summed E-state index contributed by atoms with van der Waals surface area (Å²) < 4.78 is 25.2. The number of anilines is 1. The quantitative estimate of drug-likeness (QED) is 0.835. The molecule has 0 saturated carbocycles. The zero-order chi connectivity index (χ0) is 17.5. The maximum atomic E-state index is 13.0. The van der Waals surface area contributed by atoms with Gasteiger partial charge in [0, 0.05) is 17.3 Å². The van der Waals surface area contributed by atoms with Crippen LogP contribution >= 0.6 is 11.6 Å². The van der Waals surface area contributed by atoms with E-state index in [-0.39, 0.29) is 16.4 Å². The Bertz CT molecular complexity index is 906. The summed E-state index contributed by atoms with van der Waals surface area (Å²) in [4.78, 5) is 14.7. The van der Waals surface area contributed by atoms with Gasteiger partial charge in [-0.2, -0.15) is 0 Å². The van der Waals surface area contributed by atoms with Crippen LogP contribution in [0, 0.1) is 0 Å². The van der Waals surface area contributed by atoms with Gasteiger partial charge in [0.2, 0.25) is 0 Å². The largest absolute Gasteiger partial charge is 0.308 e. The minimum Gasteiger partial charge on any atom is -0.308 e. The summed E-state index contributed by atoms with van der Waals surface area (Å²) >= 11 is 6.20. The fourth-order valence-electron chi connectivity index (χ4n) is 2.89. The van der Waals surface area contributed by atoms with E-state index >= 15 is 0 Å². The van der Waals surface area contributed by atoms with Gasteiger partial charge < -0.3 is 4.90 Å². The Balaban J connectivity index is 2.07. The van der Waals surface area contributed by atoms with Crippen molar-refractivity contribution in [1.29, 1.82) is 0 Å². The zero-order valence-electron chi connectivity index (χ0n) is 13.5. The molecule has 0 aromatic heterocycles. The van der Waals surface area contributed by atoms with Gasteiger partial charge >= 0.3 is 0 Å². The third-order valence-corrected chi connectivity index (χ3v) is 6.82. The van der Waals surface area contributed by atoms with Crippen molar-refractivity contribution in [2.75, 3.05) is 11.4 Å². The number of hydrogen-bond acceptors (Lipinski definition) is 3. The molecule has 0 spiro atoms. The summed E-state index contributed by atoms with van der Waals surface area (Å²) in [6, 6.07) is 11.8. The highest BCUT2D eigenvalue weighted by atomic mass is 35.5. The highest BCUT2D eigenvalue weighted by molar-refractivity contribution is 7.92. The molecule has 6 heteroatoms. The second kappa shape index (κ2) is 6.22. The molecule has 1 aliphatic rings. The van der Waals surface area contributed by atoms with Crippen LogP contribution in [0.3, 0.4) is 0 Å². The number of amides is 1. The number of fused-ring (bicyclic) bond motifs is 1. The van der Waals surface area contributed by atoms with Crippen molar-refractivity contribution in [3.05, 3.63) is 58.6 Å². The lowest BCUT2D eigenvalue weighted by molar-refractivity contribution is 0.0986. The fourth-order valence-corrected chi connectivity index (χ4v) is 4.40. The predicted molar refractivity (Wildman–Crippen MR) is 95.6 cm³/mol. The van der Waals surface area contributed by atoms with Gasteiger partial charge in [0.05, 0.1) is 15.7 Å². The van der Waals surface area contributed by atoms with Crippen LogP contribution in [0.5, 0.6) is 0 Å². The molecule has 1 aliphatic heterocycles. The average Bonchev–Trinajstić information content (AvgIpc) is 2.99. The molecule has 2 aromatic rings. The molecule has 0 aliphatic carbocycles. The number of hydrogen-bond donors (Lipinski definition) is 0. The molecule has 0 fully saturated rings. The van der Waals surface area contributed by atoms with E-state index in [2.05, 4.69) is 0 Å². The van der Waals surface area contributed by atoms with Gasteiger partial charge in [0.25, 0.3) is 5.91 Å². The van der Waals surface area contributed by atoms with Crippen LogP contribution in [0.1, 0.15) is 29.8 Å². The Kier molecular flexibility index (Phi) is 4.40. The highest BCUT2D eigenvalue weighted by Crippen LogP contribution is 2.35. The third-order valence-electron chi connectivity index (χ3n) is 4.26. The van der Waals surface area contributed by atoms with Crippen molar-refractivity contribution in [2.45, 2.75) is 30.4 Å². The Hall–Kier alpha value is -1.85. The Morgan fingerprint density at radius 1 is 1.12 bits per heavy atom. The molecule has 0 radical (unpaired) electrons. The molecule has 1 heterocycles. The van der Waals surface area contributed by atoms with Crippen LogP contribution in [0.2, 0.25) is 5.02 Å². The van der Waals surface area contributed by atoms with E-state index in [1.807, 2.05) is 6.07 Å². The van der Waals surface area contributed by atoms with Crippen LogP contribution in [0.4, 0.5) is 5.69 Å². The fraction of sp³-hybridized carbons (Fsp3) is 0.278. The van der Waals surface area contributed by atoms with E-state index in [9.17, 15) is 13.2 Å². The van der Waals surface area contributed by atoms with Crippen LogP contribution < -0.4 is 4.90 Å². The van der Waals surface area contributed by atoms with Gasteiger partial charge in [-0.15, -0.1) is 0 Å². The van der Waals surface area contributed by atoms with Gasteiger partial charge in [-0.3, -0.25) is 4.79 Å². The third kappa shape index (κ3) is 2.72. The van der Waals surface area contributed by atoms with Crippen molar-refractivity contribution in [2.24, 2.45) is 0 Å². The summed E-state index contributed by atoms with van der Waals surface area (Å²) in [6.45, 7) is 3.72. The number of carbonyl (C=O) groups is 1. The molecular formula is C18H18ClNO3S. The lowest BCUT2D eigenvalue weighted by Gasteiger charge is -2.20. The molecule has 1 amide bonds. The molecule has 0 bridgehead atoms. The topological polar surface area (TPSA) is 54.5 Å². The van der Waals surface area contributed by atoms with E-state index in [0.717, 1.165) is 11.3 Å². The van der Waals surface area contributed by atoms with Crippen LogP contribution in [0.25, 0.3) is 0 Å². The first-order chi connectivity index (χ1) is 11.3. The second-order valence-corrected chi connectivity index (χ2v) is 8.91. The van der Waals surface area contributed by atoms with Crippen molar-refractivity contribution >= 4 is 33.0 Å². The first kappa shape index (κ1) is 17.0. The van der Waals surface area contributed by atoms with Crippen LogP contribution in [-0.2, 0) is 16.3 Å². The summed E-state index contributed by atoms with van der Waals surface area (Å²) in [7, 11) is -3.54. The number of carbonyl (C=O) groups excluding carboxylic acids is 1. The van der Waals surface area contributed by atoms with Gasteiger partial charge in [0.1, 0.15) is 0 Å². The second-order valence-electron chi connectivity index (χ2n) is 6.03. The van der Waals surface area contributed by atoms with E-state index in [4.69, 9.17) is 11.6 Å². The average molecular weight is 364 g/mol. The first-order valence-corrected chi connectivity index (χ1v) is 9.68. The van der Waals surface area contributed by atoms with Crippen LogP contribution in [0.15, 0.2) is 47.4 Å². The minimum atomic E-state index is -3.54. The van der Waals surface area contributed by atoms with E-state index in [1.54, 1.807) is 49.1 Å². The smallest absolute Gasteiger partial charge is 0.259 e.